The molecule has 0 aliphatic heterocycles. The minimum Gasteiger partial charge on any atom is -0.395 e. The van der Waals surface area contributed by atoms with Crippen molar-refractivity contribution in [2.24, 2.45) is 0 Å². The summed E-state index contributed by atoms with van der Waals surface area (Å²) in [7, 11) is -3.53. The van der Waals surface area contributed by atoms with Crippen molar-refractivity contribution in [2.75, 3.05) is 6.61 Å². The molecule has 2 aromatic rings. The van der Waals surface area contributed by atoms with Crippen LogP contribution in [-0.4, -0.2) is 24.9 Å². The Morgan fingerprint density at radius 3 is 2.28 bits per heavy atom. The molecule has 96 valence electrons. The van der Waals surface area contributed by atoms with E-state index in [0.717, 1.165) is 10.8 Å². The molecular weight excluding hydrogens is 248 g/mol. The Labute approximate surface area is 107 Å². The van der Waals surface area contributed by atoms with E-state index in [0.29, 0.717) is 0 Å². The van der Waals surface area contributed by atoms with E-state index in [9.17, 15) is 13.5 Å². The predicted molar refractivity (Wildman–Crippen MR) is 72.3 cm³/mol. The first-order valence-electron chi connectivity index (χ1n) is 5.73. The molecule has 0 bridgehead atoms. The van der Waals surface area contributed by atoms with Crippen molar-refractivity contribution in [3.8, 4) is 0 Å². The second-order valence-corrected chi connectivity index (χ2v) is 7.51. The van der Waals surface area contributed by atoms with Crippen molar-refractivity contribution in [3.05, 3.63) is 42.5 Å². The Balaban J connectivity index is 2.62. The van der Waals surface area contributed by atoms with Crippen LogP contribution in [0.4, 0.5) is 0 Å². The molecule has 0 saturated carbocycles. The molecule has 0 saturated heterocycles. The SMILES string of the molecule is CC(C)(CO)S(=O)(=O)c1ccc2ccccc2c1. The average molecular weight is 264 g/mol. The maximum atomic E-state index is 12.4. The highest BCUT2D eigenvalue weighted by Crippen LogP contribution is 2.27. The van der Waals surface area contributed by atoms with Gasteiger partial charge in [0.25, 0.3) is 0 Å². The van der Waals surface area contributed by atoms with Gasteiger partial charge in [-0.15, -0.1) is 0 Å². The number of fused-ring (bicyclic) bond motifs is 1. The van der Waals surface area contributed by atoms with Gasteiger partial charge in [0.2, 0.25) is 0 Å². The smallest absolute Gasteiger partial charge is 0.185 e. The summed E-state index contributed by atoms with van der Waals surface area (Å²) in [5.74, 6) is 0. The van der Waals surface area contributed by atoms with Gasteiger partial charge in [0, 0.05) is 0 Å². The fourth-order valence-corrected chi connectivity index (χ4v) is 3.08. The van der Waals surface area contributed by atoms with Crippen molar-refractivity contribution >= 4 is 20.6 Å². The summed E-state index contributed by atoms with van der Waals surface area (Å²) in [6.07, 6.45) is 0. The Hall–Kier alpha value is -1.39. The van der Waals surface area contributed by atoms with Crippen molar-refractivity contribution in [1.82, 2.24) is 0 Å². The Morgan fingerprint density at radius 1 is 1.06 bits per heavy atom. The Bertz CT molecular complexity index is 672. The normalized spacial score (nSPS) is 12.8. The van der Waals surface area contributed by atoms with E-state index in [4.69, 9.17) is 0 Å². The van der Waals surface area contributed by atoms with Crippen molar-refractivity contribution < 1.29 is 13.5 Å². The van der Waals surface area contributed by atoms with E-state index in [1.165, 1.54) is 13.8 Å². The van der Waals surface area contributed by atoms with Crippen molar-refractivity contribution in [2.45, 2.75) is 23.5 Å². The zero-order chi connectivity index (χ0) is 13.4. The summed E-state index contributed by atoms with van der Waals surface area (Å²) >= 11 is 0. The predicted octanol–water partition coefficient (Wildman–Crippen LogP) is 2.38. The van der Waals surface area contributed by atoms with Crippen LogP contribution in [0.2, 0.25) is 0 Å². The third-order valence-electron chi connectivity index (χ3n) is 3.14. The lowest BCUT2D eigenvalue weighted by atomic mass is 10.1. The molecule has 2 aromatic carbocycles. The lowest BCUT2D eigenvalue weighted by molar-refractivity contribution is 0.258. The molecule has 2 rings (SSSR count). The summed E-state index contributed by atoms with van der Waals surface area (Å²) < 4.78 is 23.6. The summed E-state index contributed by atoms with van der Waals surface area (Å²) in [5.41, 5.74) is 0. The number of hydrogen-bond donors (Lipinski definition) is 1. The molecule has 0 aliphatic rings. The molecule has 0 atom stereocenters. The van der Waals surface area contributed by atoms with E-state index in [-0.39, 0.29) is 4.90 Å². The van der Waals surface area contributed by atoms with E-state index >= 15 is 0 Å². The first-order chi connectivity index (χ1) is 8.38. The Kier molecular flexibility index (Phi) is 3.17. The van der Waals surface area contributed by atoms with Gasteiger partial charge in [0.1, 0.15) is 0 Å². The van der Waals surface area contributed by atoms with Crippen LogP contribution in [0, 0.1) is 0 Å². The molecule has 0 aliphatic carbocycles. The molecule has 0 aromatic heterocycles. The molecule has 0 amide bonds. The van der Waals surface area contributed by atoms with E-state index < -0.39 is 21.2 Å². The maximum Gasteiger partial charge on any atom is 0.185 e. The van der Waals surface area contributed by atoms with Gasteiger partial charge in [-0.3, -0.25) is 0 Å². The molecule has 0 radical (unpaired) electrons. The van der Waals surface area contributed by atoms with Gasteiger partial charge in [0.05, 0.1) is 16.2 Å². The third kappa shape index (κ3) is 2.02. The summed E-state index contributed by atoms with van der Waals surface area (Å²) in [4.78, 5) is 0.250. The topological polar surface area (TPSA) is 54.4 Å². The van der Waals surface area contributed by atoms with Crippen LogP contribution >= 0.6 is 0 Å². The van der Waals surface area contributed by atoms with Crippen molar-refractivity contribution in [1.29, 1.82) is 0 Å². The van der Waals surface area contributed by atoms with Crippen LogP contribution in [0.3, 0.4) is 0 Å². The van der Waals surface area contributed by atoms with Gasteiger partial charge in [-0.1, -0.05) is 30.3 Å². The van der Waals surface area contributed by atoms with Crippen LogP contribution < -0.4 is 0 Å². The highest BCUT2D eigenvalue weighted by molar-refractivity contribution is 7.92. The molecule has 0 unspecified atom stereocenters. The van der Waals surface area contributed by atoms with Crippen LogP contribution in [0.5, 0.6) is 0 Å². The van der Waals surface area contributed by atoms with Gasteiger partial charge in [0.15, 0.2) is 9.84 Å². The molecule has 1 N–H and O–H groups in total. The van der Waals surface area contributed by atoms with Crippen LogP contribution in [0.25, 0.3) is 10.8 Å². The number of sulfone groups is 1. The van der Waals surface area contributed by atoms with Gasteiger partial charge >= 0.3 is 0 Å². The van der Waals surface area contributed by atoms with Gasteiger partial charge in [-0.2, -0.15) is 0 Å². The second-order valence-electron chi connectivity index (χ2n) is 4.93. The highest BCUT2D eigenvalue weighted by Gasteiger charge is 2.35. The van der Waals surface area contributed by atoms with E-state index in [1.807, 2.05) is 24.3 Å². The lowest BCUT2D eigenvalue weighted by Gasteiger charge is -2.22. The molecular formula is C14H16O3S. The number of aliphatic hydroxyl groups is 1. The monoisotopic (exact) mass is 264 g/mol. The van der Waals surface area contributed by atoms with Gasteiger partial charge < -0.3 is 5.11 Å². The molecule has 4 heteroatoms. The maximum absolute atomic E-state index is 12.4. The number of aliphatic hydroxyl groups excluding tert-OH is 1. The number of benzene rings is 2. The largest absolute Gasteiger partial charge is 0.395 e. The van der Waals surface area contributed by atoms with Crippen LogP contribution in [-0.2, 0) is 9.84 Å². The van der Waals surface area contributed by atoms with Gasteiger partial charge in [-0.05, 0) is 36.8 Å². The quantitative estimate of drug-likeness (QED) is 0.926. The minimum absolute atomic E-state index is 0.250. The standard InChI is InChI=1S/C14H16O3S/c1-14(2,10-15)18(16,17)13-8-7-11-5-3-4-6-12(11)9-13/h3-9,15H,10H2,1-2H3. The summed E-state index contributed by atoms with van der Waals surface area (Å²) in [6.45, 7) is 2.65. The number of hydrogen-bond acceptors (Lipinski definition) is 3. The van der Waals surface area contributed by atoms with Gasteiger partial charge in [-0.25, -0.2) is 8.42 Å². The first-order valence-corrected chi connectivity index (χ1v) is 7.21. The average Bonchev–Trinajstić information content (AvgIpc) is 2.37. The second kappa shape index (κ2) is 4.37. The number of rotatable bonds is 3. The molecule has 3 nitrogen and oxygen atoms in total. The fraction of sp³-hybridized carbons (Fsp3) is 0.286. The molecule has 18 heavy (non-hydrogen) atoms. The zero-order valence-electron chi connectivity index (χ0n) is 10.4. The Morgan fingerprint density at radius 2 is 1.67 bits per heavy atom. The molecule has 0 heterocycles. The first kappa shape index (κ1) is 13.1. The van der Waals surface area contributed by atoms with Crippen molar-refractivity contribution in [3.63, 3.8) is 0 Å². The lowest BCUT2D eigenvalue weighted by Crippen LogP contribution is -2.35. The highest BCUT2D eigenvalue weighted by atomic mass is 32.2. The molecule has 0 spiro atoms. The zero-order valence-corrected chi connectivity index (χ0v) is 11.2. The van der Waals surface area contributed by atoms with E-state index in [1.54, 1.807) is 18.2 Å². The van der Waals surface area contributed by atoms with Crippen LogP contribution in [0.1, 0.15) is 13.8 Å². The molecule has 0 fully saturated rings. The summed E-state index contributed by atoms with van der Waals surface area (Å²) in [6, 6.07) is 12.6. The van der Waals surface area contributed by atoms with E-state index in [2.05, 4.69) is 0 Å². The fourth-order valence-electron chi connectivity index (χ4n) is 1.74. The minimum atomic E-state index is -3.53. The van der Waals surface area contributed by atoms with Crippen LogP contribution in [0.15, 0.2) is 47.4 Å². The third-order valence-corrected chi connectivity index (χ3v) is 5.60. The summed E-state index contributed by atoms with van der Waals surface area (Å²) in [5, 5.41) is 11.1.